The van der Waals surface area contributed by atoms with Crippen LogP contribution in [0.25, 0.3) is 0 Å². The molecule has 0 atom stereocenters. The van der Waals surface area contributed by atoms with Crippen LogP contribution in [0.1, 0.15) is 27.9 Å². The Morgan fingerprint density at radius 1 is 1.26 bits per heavy atom. The number of rotatable bonds is 5. The van der Waals surface area contributed by atoms with Crippen molar-refractivity contribution in [3.8, 4) is 0 Å². The van der Waals surface area contributed by atoms with Crippen molar-refractivity contribution in [1.29, 1.82) is 0 Å². The second-order valence-electron chi connectivity index (χ2n) is 5.08. The van der Waals surface area contributed by atoms with E-state index in [1.807, 2.05) is 20.8 Å². The highest BCUT2D eigenvalue weighted by atomic mass is 32.1. The standard InChI is InChI=1S/C16H19N3O3S/c1-4-17-15(21)12-6-5-7-13(8-12)18-14(20)9-19-10(2)11(3)23-16(19)22/h5-8H,4,9H2,1-3H3,(H,17,21)(H,18,20). The number of carbonyl (C=O) groups excluding carboxylic acids is 2. The van der Waals surface area contributed by atoms with Crippen molar-refractivity contribution in [3.05, 3.63) is 50.1 Å². The van der Waals surface area contributed by atoms with Crippen molar-refractivity contribution in [3.63, 3.8) is 0 Å². The van der Waals surface area contributed by atoms with E-state index >= 15 is 0 Å². The predicted octanol–water partition coefficient (Wildman–Crippen LogP) is 1.92. The van der Waals surface area contributed by atoms with Crippen molar-refractivity contribution in [1.82, 2.24) is 9.88 Å². The van der Waals surface area contributed by atoms with Crippen LogP contribution in [-0.2, 0) is 11.3 Å². The highest BCUT2D eigenvalue weighted by Crippen LogP contribution is 2.12. The largest absolute Gasteiger partial charge is 0.352 e. The fourth-order valence-electron chi connectivity index (χ4n) is 2.11. The van der Waals surface area contributed by atoms with Crippen molar-refractivity contribution >= 4 is 28.8 Å². The van der Waals surface area contributed by atoms with Crippen molar-refractivity contribution in [2.45, 2.75) is 27.3 Å². The lowest BCUT2D eigenvalue weighted by Crippen LogP contribution is -2.25. The van der Waals surface area contributed by atoms with Crippen LogP contribution in [0.3, 0.4) is 0 Å². The molecule has 2 aromatic rings. The summed E-state index contributed by atoms with van der Waals surface area (Å²) in [7, 11) is 0. The first-order valence-electron chi connectivity index (χ1n) is 7.27. The maximum atomic E-state index is 12.1. The summed E-state index contributed by atoms with van der Waals surface area (Å²) in [6.07, 6.45) is 0. The molecule has 0 bridgehead atoms. The van der Waals surface area contributed by atoms with Gasteiger partial charge < -0.3 is 10.6 Å². The molecule has 2 amide bonds. The molecule has 6 nitrogen and oxygen atoms in total. The Bertz CT molecular complexity index is 792. The van der Waals surface area contributed by atoms with Crippen LogP contribution in [0.15, 0.2) is 29.1 Å². The molecule has 0 aliphatic rings. The van der Waals surface area contributed by atoms with Crippen LogP contribution in [-0.4, -0.2) is 22.9 Å². The van der Waals surface area contributed by atoms with Gasteiger partial charge in [0.15, 0.2) is 0 Å². The summed E-state index contributed by atoms with van der Waals surface area (Å²) in [5.74, 6) is -0.495. The first-order chi connectivity index (χ1) is 10.9. The van der Waals surface area contributed by atoms with Crippen LogP contribution in [0.4, 0.5) is 5.69 Å². The number of hydrogen-bond acceptors (Lipinski definition) is 4. The molecule has 0 spiro atoms. The SMILES string of the molecule is CCNC(=O)c1cccc(NC(=O)Cn2c(C)c(C)sc2=O)c1. The Labute approximate surface area is 138 Å². The molecule has 2 rings (SSSR count). The summed E-state index contributed by atoms with van der Waals surface area (Å²) < 4.78 is 1.45. The fraction of sp³-hybridized carbons (Fsp3) is 0.312. The summed E-state index contributed by atoms with van der Waals surface area (Å²) in [4.78, 5) is 36.5. The molecular formula is C16H19N3O3S. The van der Waals surface area contributed by atoms with Gasteiger partial charge in [-0.3, -0.25) is 19.0 Å². The van der Waals surface area contributed by atoms with Crippen LogP contribution in [0.5, 0.6) is 0 Å². The third kappa shape index (κ3) is 4.07. The van der Waals surface area contributed by atoms with Gasteiger partial charge in [-0.25, -0.2) is 0 Å². The maximum Gasteiger partial charge on any atom is 0.308 e. The molecule has 122 valence electrons. The van der Waals surface area contributed by atoms with Gasteiger partial charge in [0.1, 0.15) is 6.54 Å². The number of benzene rings is 1. The van der Waals surface area contributed by atoms with Gasteiger partial charge in [-0.2, -0.15) is 0 Å². The number of aryl methyl sites for hydroxylation is 1. The van der Waals surface area contributed by atoms with Crippen LogP contribution >= 0.6 is 11.3 Å². The molecule has 0 aliphatic heterocycles. The molecule has 1 aromatic carbocycles. The lowest BCUT2D eigenvalue weighted by Gasteiger charge is -2.09. The average molecular weight is 333 g/mol. The van der Waals surface area contributed by atoms with Crippen LogP contribution < -0.4 is 15.5 Å². The zero-order valence-electron chi connectivity index (χ0n) is 13.3. The lowest BCUT2D eigenvalue weighted by molar-refractivity contribution is -0.116. The third-order valence-electron chi connectivity index (χ3n) is 3.42. The van der Waals surface area contributed by atoms with Gasteiger partial charge in [0.25, 0.3) is 5.91 Å². The Morgan fingerprint density at radius 2 is 2.00 bits per heavy atom. The number of thiazole rings is 1. The first kappa shape index (κ1) is 17.0. The summed E-state index contributed by atoms with van der Waals surface area (Å²) in [6.45, 7) is 6.00. The maximum absolute atomic E-state index is 12.1. The molecule has 0 saturated carbocycles. The normalized spacial score (nSPS) is 10.4. The quantitative estimate of drug-likeness (QED) is 0.877. The molecule has 2 N–H and O–H groups in total. The molecule has 0 unspecified atom stereocenters. The van der Waals surface area contributed by atoms with Gasteiger partial charge in [0.2, 0.25) is 5.91 Å². The summed E-state index contributed by atoms with van der Waals surface area (Å²) in [5.41, 5.74) is 1.80. The number of carbonyl (C=O) groups is 2. The van der Waals surface area contributed by atoms with Gasteiger partial charge in [-0.15, -0.1) is 0 Å². The smallest absolute Gasteiger partial charge is 0.308 e. The minimum Gasteiger partial charge on any atom is -0.352 e. The molecule has 0 radical (unpaired) electrons. The molecule has 1 heterocycles. The van der Waals surface area contributed by atoms with E-state index in [0.717, 1.165) is 21.9 Å². The summed E-state index contributed by atoms with van der Waals surface area (Å²) in [5, 5.41) is 5.42. The average Bonchev–Trinajstić information content (AvgIpc) is 2.74. The molecule has 0 fully saturated rings. The van der Waals surface area contributed by atoms with Gasteiger partial charge in [-0.1, -0.05) is 17.4 Å². The highest BCUT2D eigenvalue weighted by Gasteiger charge is 2.12. The molecule has 1 aromatic heterocycles. The number of nitrogens with one attached hydrogen (secondary N) is 2. The first-order valence-corrected chi connectivity index (χ1v) is 8.09. The van der Waals surface area contributed by atoms with Gasteiger partial charge in [0, 0.05) is 28.4 Å². The lowest BCUT2D eigenvalue weighted by atomic mass is 10.2. The van der Waals surface area contributed by atoms with E-state index < -0.39 is 0 Å². The zero-order chi connectivity index (χ0) is 17.0. The predicted molar refractivity (Wildman–Crippen MR) is 91.1 cm³/mol. The summed E-state index contributed by atoms with van der Waals surface area (Å²) >= 11 is 1.13. The topological polar surface area (TPSA) is 80.2 Å². The molecule has 0 saturated heterocycles. The second-order valence-corrected chi connectivity index (χ2v) is 6.25. The Kier molecular flexibility index (Phi) is 5.33. The van der Waals surface area contributed by atoms with E-state index in [0.29, 0.717) is 17.8 Å². The Balaban J connectivity index is 2.10. The van der Waals surface area contributed by atoms with Crippen molar-refractivity contribution in [2.75, 3.05) is 11.9 Å². The fourth-order valence-corrected chi connectivity index (χ4v) is 2.95. The van der Waals surface area contributed by atoms with E-state index in [-0.39, 0.29) is 23.2 Å². The third-order valence-corrected chi connectivity index (χ3v) is 4.42. The monoisotopic (exact) mass is 333 g/mol. The zero-order valence-corrected chi connectivity index (χ0v) is 14.1. The second kappa shape index (κ2) is 7.23. The Morgan fingerprint density at radius 3 is 2.61 bits per heavy atom. The van der Waals surface area contributed by atoms with Crippen LogP contribution in [0, 0.1) is 13.8 Å². The Hall–Kier alpha value is -2.41. The number of anilines is 1. The van der Waals surface area contributed by atoms with Gasteiger partial charge in [0.05, 0.1) is 0 Å². The van der Waals surface area contributed by atoms with E-state index in [4.69, 9.17) is 0 Å². The highest BCUT2D eigenvalue weighted by molar-refractivity contribution is 7.09. The van der Waals surface area contributed by atoms with Crippen LogP contribution in [0.2, 0.25) is 0 Å². The number of aromatic nitrogens is 1. The molecule has 0 aliphatic carbocycles. The molecule has 7 heteroatoms. The minimum absolute atomic E-state index is 0.0413. The van der Waals surface area contributed by atoms with E-state index in [2.05, 4.69) is 10.6 Å². The number of amides is 2. The van der Waals surface area contributed by atoms with E-state index in [1.165, 1.54) is 4.57 Å². The molecule has 23 heavy (non-hydrogen) atoms. The van der Waals surface area contributed by atoms with E-state index in [9.17, 15) is 14.4 Å². The number of nitrogens with zero attached hydrogens (tertiary/aromatic N) is 1. The van der Waals surface area contributed by atoms with Gasteiger partial charge in [-0.05, 0) is 39.0 Å². The van der Waals surface area contributed by atoms with Gasteiger partial charge >= 0.3 is 4.87 Å². The van der Waals surface area contributed by atoms with Crippen molar-refractivity contribution < 1.29 is 9.59 Å². The summed E-state index contributed by atoms with van der Waals surface area (Å²) in [6, 6.07) is 6.69. The minimum atomic E-state index is -0.305. The number of hydrogen-bond donors (Lipinski definition) is 2. The van der Waals surface area contributed by atoms with Crippen molar-refractivity contribution in [2.24, 2.45) is 0 Å². The van der Waals surface area contributed by atoms with E-state index in [1.54, 1.807) is 24.3 Å². The molecular weight excluding hydrogens is 314 g/mol.